The Morgan fingerprint density at radius 3 is 2.36 bits per heavy atom. The lowest BCUT2D eigenvalue weighted by molar-refractivity contribution is -0.135. The molecule has 132 valence electrons. The van der Waals surface area contributed by atoms with Crippen LogP contribution >= 0.6 is 23.2 Å². The summed E-state index contributed by atoms with van der Waals surface area (Å²) in [5.74, 6) is 0.538. The fourth-order valence-corrected chi connectivity index (χ4v) is 3.09. The summed E-state index contributed by atoms with van der Waals surface area (Å²) >= 11 is 11.8. The molecule has 0 radical (unpaired) electrons. The van der Waals surface area contributed by atoms with Crippen LogP contribution in [-0.2, 0) is 11.3 Å². The van der Waals surface area contributed by atoms with E-state index in [1.165, 1.54) is 5.56 Å². The predicted octanol–water partition coefficient (Wildman–Crippen LogP) is 3.72. The maximum atomic E-state index is 12.3. The summed E-state index contributed by atoms with van der Waals surface area (Å²) in [6.45, 7) is 4.10. The van der Waals surface area contributed by atoms with Crippen molar-refractivity contribution in [3.8, 4) is 5.75 Å². The van der Waals surface area contributed by atoms with Crippen molar-refractivity contribution in [3.05, 3.63) is 64.1 Å². The number of rotatable bonds is 5. The molecule has 0 N–H and O–H groups in total. The molecule has 25 heavy (non-hydrogen) atoms. The average Bonchev–Trinajstić information content (AvgIpc) is 2.64. The first-order chi connectivity index (χ1) is 12.1. The van der Waals surface area contributed by atoms with Crippen molar-refractivity contribution in [1.82, 2.24) is 9.80 Å². The first-order valence-electron chi connectivity index (χ1n) is 8.24. The van der Waals surface area contributed by atoms with Crippen LogP contribution in [0.15, 0.2) is 48.5 Å². The van der Waals surface area contributed by atoms with Crippen LogP contribution in [0.5, 0.6) is 5.75 Å². The Bertz CT molecular complexity index is 717. The minimum Gasteiger partial charge on any atom is -0.484 e. The molecule has 2 aromatic rings. The van der Waals surface area contributed by atoms with E-state index in [9.17, 15) is 4.79 Å². The molecule has 1 aliphatic heterocycles. The number of halogens is 2. The van der Waals surface area contributed by atoms with E-state index in [1.807, 2.05) is 11.0 Å². The largest absolute Gasteiger partial charge is 0.484 e. The number of nitrogens with zero attached hydrogens (tertiary/aromatic N) is 2. The van der Waals surface area contributed by atoms with Crippen molar-refractivity contribution in [3.63, 3.8) is 0 Å². The molecule has 3 rings (SSSR count). The molecule has 1 heterocycles. The summed E-state index contributed by atoms with van der Waals surface area (Å²) in [4.78, 5) is 16.5. The minimum absolute atomic E-state index is 0.00886. The second kappa shape index (κ2) is 8.56. The van der Waals surface area contributed by atoms with E-state index in [2.05, 4.69) is 29.2 Å². The van der Waals surface area contributed by atoms with Gasteiger partial charge in [0.15, 0.2) is 6.61 Å². The van der Waals surface area contributed by atoms with Crippen molar-refractivity contribution in [2.24, 2.45) is 0 Å². The van der Waals surface area contributed by atoms with Crippen LogP contribution in [0.3, 0.4) is 0 Å². The average molecular weight is 379 g/mol. The van der Waals surface area contributed by atoms with Gasteiger partial charge < -0.3 is 9.64 Å². The van der Waals surface area contributed by atoms with Crippen molar-refractivity contribution < 1.29 is 9.53 Å². The van der Waals surface area contributed by atoms with Gasteiger partial charge in [0.05, 0.1) is 10.0 Å². The topological polar surface area (TPSA) is 32.8 Å². The van der Waals surface area contributed by atoms with E-state index < -0.39 is 0 Å². The number of carbonyl (C=O) groups excluding carboxylic acids is 1. The molecular weight excluding hydrogens is 359 g/mol. The third kappa shape index (κ3) is 5.11. The predicted molar refractivity (Wildman–Crippen MR) is 100 cm³/mol. The van der Waals surface area contributed by atoms with Crippen molar-refractivity contribution in [2.45, 2.75) is 6.54 Å². The highest BCUT2D eigenvalue weighted by Crippen LogP contribution is 2.26. The zero-order valence-corrected chi connectivity index (χ0v) is 15.3. The minimum atomic E-state index is -0.00886. The second-order valence-corrected chi connectivity index (χ2v) is 6.82. The highest BCUT2D eigenvalue weighted by atomic mass is 35.5. The van der Waals surface area contributed by atoms with E-state index in [-0.39, 0.29) is 12.5 Å². The van der Waals surface area contributed by atoms with Crippen molar-refractivity contribution in [2.75, 3.05) is 32.8 Å². The van der Waals surface area contributed by atoms with Gasteiger partial charge in [0.1, 0.15) is 5.75 Å². The summed E-state index contributed by atoms with van der Waals surface area (Å²) in [5.41, 5.74) is 1.30. The lowest BCUT2D eigenvalue weighted by atomic mass is 10.2. The molecular formula is C19H20Cl2N2O2. The summed E-state index contributed by atoms with van der Waals surface area (Å²) in [5, 5.41) is 0.885. The molecule has 0 saturated carbocycles. The van der Waals surface area contributed by atoms with Crippen LogP contribution in [-0.4, -0.2) is 48.5 Å². The molecule has 1 aliphatic rings. The molecule has 2 aromatic carbocycles. The number of benzene rings is 2. The Kier molecular flexibility index (Phi) is 6.19. The lowest BCUT2D eigenvalue weighted by Crippen LogP contribution is -2.49. The number of hydrogen-bond acceptors (Lipinski definition) is 3. The summed E-state index contributed by atoms with van der Waals surface area (Å²) < 4.78 is 5.53. The molecule has 1 amide bonds. The van der Waals surface area contributed by atoms with Gasteiger partial charge in [0.2, 0.25) is 0 Å². The Morgan fingerprint density at radius 2 is 1.68 bits per heavy atom. The van der Waals surface area contributed by atoms with Crippen molar-refractivity contribution >= 4 is 29.1 Å². The number of carbonyl (C=O) groups is 1. The molecule has 1 fully saturated rings. The van der Waals surface area contributed by atoms with Gasteiger partial charge in [-0.3, -0.25) is 9.69 Å². The van der Waals surface area contributed by atoms with Gasteiger partial charge in [-0.1, -0.05) is 53.5 Å². The Labute approximate surface area is 157 Å². The van der Waals surface area contributed by atoms with Gasteiger partial charge in [-0.05, 0) is 17.7 Å². The first kappa shape index (κ1) is 18.1. The van der Waals surface area contributed by atoms with Gasteiger partial charge in [0, 0.05) is 38.8 Å². The maximum Gasteiger partial charge on any atom is 0.260 e. The molecule has 0 unspecified atom stereocenters. The Hall–Kier alpha value is -1.75. The van der Waals surface area contributed by atoms with Crippen LogP contribution in [0.2, 0.25) is 10.0 Å². The molecule has 0 atom stereocenters. The van der Waals surface area contributed by atoms with Crippen LogP contribution < -0.4 is 4.74 Å². The van der Waals surface area contributed by atoms with E-state index in [0.29, 0.717) is 15.8 Å². The molecule has 6 heteroatoms. The summed E-state index contributed by atoms with van der Waals surface area (Å²) in [7, 11) is 0. The van der Waals surface area contributed by atoms with Gasteiger partial charge in [-0.2, -0.15) is 0 Å². The van der Waals surface area contributed by atoms with Crippen molar-refractivity contribution in [1.29, 1.82) is 0 Å². The standard InChI is InChI=1S/C19H20Cl2N2O2/c20-17-7-6-16(12-18(17)21)25-14-19(24)23-10-8-22(9-11-23)13-15-4-2-1-3-5-15/h1-7,12H,8-11,13-14H2. The molecule has 0 aliphatic carbocycles. The van der Waals surface area contributed by atoms with Gasteiger partial charge in [-0.25, -0.2) is 0 Å². The highest BCUT2D eigenvalue weighted by Gasteiger charge is 2.21. The number of ether oxygens (including phenoxy) is 1. The molecule has 4 nitrogen and oxygen atoms in total. The SMILES string of the molecule is O=C(COc1ccc(Cl)c(Cl)c1)N1CCN(Cc2ccccc2)CC1. The normalized spacial score (nSPS) is 15.2. The van der Waals surface area contributed by atoms with E-state index >= 15 is 0 Å². The maximum absolute atomic E-state index is 12.3. The third-order valence-corrected chi connectivity index (χ3v) is 4.97. The van der Waals surface area contributed by atoms with E-state index in [4.69, 9.17) is 27.9 Å². The molecule has 1 saturated heterocycles. The number of piperazine rings is 1. The number of hydrogen-bond donors (Lipinski definition) is 0. The third-order valence-electron chi connectivity index (χ3n) is 4.23. The second-order valence-electron chi connectivity index (χ2n) is 6.01. The van der Waals surface area contributed by atoms with Gasteiger partial charge in [0.25, 0.3) is 5.91 Å². The molecule has 0 spiro atoms. The summed E-state index contributed by atoms with van der Waals surface area (Å²) in [6, 6.07) is 15.4. The van der Waals surface area contributed by atoms with Crippen LogP contribution in [0, 0.1) is 0 Å². The van der Waals surface area contributed by atoms with Crippen LogP contribution in [0.1, 0.15) is 5.56 Å². The Morgan fingerprint density at radius 1 is 0.960 bits per heavy atom. The lowest BCUT2D eigenvalue weighted by Gasteiger charge is -2.34. The van der Waals surface area contributed by atoms with E-state index in [1.54, 1.807) is 18.2 Å². The Balaban J connectivity index is 1.44. The molecule has 0 bridgehead atoms. The number of amides is 1. The van der Waals surface area contributed by atoms with Gasteiger partial charge >= 0.3 is 0 Å². The van der Waals surface area contributed by atoms with E-state index in [0.717, 1.165) is 32.7 Å². The highest BCUT2D eigenvalue weighted by molar-refractivity contribution is 6.42. The zero-order valence-electron chi connectivity index (χ0n) is 13.8. The zero-order chi connectivity index (χ0) is 17.6. The molecule has 0 aromatic heterocycles. The quantitative estimate of drug-likeness (QED) is 0.794. The van der Waals surface area contributed by atoms with Crippen LogP contribution in [0.25, 0.3) is 0 Å². The monoisotopic (exact) mass is 378 g/mol. The fourth-order valence-electron chi connectivity index (χ4n) is 2.80. The summed E-state index contributed by atoms with van der Waals surface area (Å²) in [6.07, 6.45) is 0. The first-order valence-corrected chi connectivity index (χ1v) is 8.99. The smallest absolute Gasteiger partial charge is 0.260 e. The van der Waals surface area contributed by atoms with Gasteiger partial charge in [-0.15, -0.1) is 0 Å². The van der Waals surface area contributed by atoms with Crippen LogP contribution in [0.4, 0.5) is 0 Å². The fraction of sp³-hybridized carbons (Fsp3) is 0.316.